The third-order valence-corrected chi connectivity index (χ3v) is 5.30. The van der Waals surface area contributed by atoms with E-state index in [0.29, 0.717) is 33.2 Å². The van der Waals surface area contributed by atoms with E-state index < -0.39 is 0 Å². The Hall–Kier alpha value is -3.58. The predicted molar refractivity (Wildman–Crippen MR) is 116 cm³/mol. The van der Waals surface area contributed by atoms with E-state index >= 15 is 0 Å². The van der Waals surface area contributed by atoms with Crippen LogP contribution in [0.15, 0.2) is 61.2 Å². The zero-order valence-electron chi connectivity index (χ0n) is 15.9. The fraction of sp³-hybridized carbons (Fsp3) is 0.0909. The normalized spacial score (nSPS) is 12.4. The lowest BCUT2D eigenvalue weighted by Gasteiger charge is -2.19. The Balaban J connectivity index is 1.66. The number of aromatic nitrogens is 5. The Kier molecular flexibility index (Phi) is 4.52. The molecule has 5 rings (SSSR count). The second-order valence-electron chi connectivity index (χ2n) is 6.93. The van der Waals surface area contributed by atoms with Crippen molar-refractivity contribution >= 4 is 39.5 Å². The first kappa shape index (κ1) is 18.4. The molecular formula is C22H16ClFN6. The number of halogens is 2. The number of hydrogen-bond acceptors (Lipinski definition) is 5. The molecule has 0 bridgehead atoms. The number of aromatic amines is 1. The van der Waals surface area contributed by atoms with Gasteiger partial charge < -0.3 is 10.3 Å². The molecule has 0 aliphatic heterocycles. The van der Waals surface area contributed by atoms with E-state index in [-0.39, 0.29) is 11.9 Å². The summed E-state index contributed by atoms with van der Waals surface area (Å²) in [5, 5.41) is 4.81. The van der Waals surface area contributed by atoms with Gasteiger partial charge in [-0.2, -0.15) is 0 Å². The summed E-state index contributed by atoms with van der Waals surface area (Å²) in [6.45, 7) is 2.01. The van der Waals surface area contributed by atoms with Gasteiger partial charge in [0, 0.05) is 27.6 Å². The minimum absolute atomic E-state index is 0.187. The molecule has 8 heteroatoms. The lowest BCUT2D eigenvalue weighted by Crippen LogP contribution is -2.11. The number of fused-ring (bicyclic) bond motifs is 2. The van der Waals surface area contributed by atoms with Crippen LogP contribution in [0.2, 0.25) is 5.02 Å². The SMILES string of the molecule is C[C@H](Nc1ncnc2[nH]cnc12)c1cc2ccc(F)cc2nc1-c1ccccc1Cl. The molecule has 0 aliphatic carbocycles. The molecule has 0 spiro atoms. The molecule has 0 saturated carbocycles. The second-order valence-corrected chi connectivity index (χ2v) is 7.34. The van der Waals surface area contributed by atoms with Crippen molar-refractivity contribution < 1.29 is 4.39 Å². The molecule has 6 nitrogen and oxygen atoms in total. The van der Waals surface area contributed by atoms with Gasteiger partial charge in [-0.1, -0.05) is 29.8 Å². The third-order valence-electron chi connectivity index (χ3n) is 4.98. The Morgan fingerprint density at radius 2 is 1.93 bits per heavy atom. The smallest absolute Gasteiger partial charge is 0.162 e. The number of pyridine rings is 1. The average Bonchev–Trinajstić information content (AvgIpc) is 3.23. The third kappa shape index (κ3) is 3.23. The molecular weight excluding hydrogens is 403 g/mol. The lowest BCUT2D eigenvalue weighted by molar-refractivity contribution is 0.629. The van der Waals surface area contributed by atoms with Crippen LogP contribution in [-0.4, -0.2) is 24.9 Å². The van der Waals surface area contributed by atoms with Crippen LogP contribution in [0.4, 0.5) is 10.2 Å². The van der Waals surface area contributed by atoms with Crippen molar-refractivity contribution in [2.24, 2.45) is 0 Å². The van der Waals surface area contributed by atoms with Gasteiger partial charge >= 0.3 is 0 Å². The van der Waals surface area contributed by atoms with Crippen LogP contribution in [0.3, 0.4) is 0 Å². The van der Waals surface area contributed by atoms with Crippen LogP contribution in [-0.2, 0) is 0 Å². The summed E-state index contributed by atoms with van der Waals surface area (Å²) in [6, 6.07) is 13.9. The molecule has 2 aromatic carbocycles. The lowest BCUT2D eigenvalue weighted by atomic mass is 9.98. The van der Waals surface area contributed by atoms with Crippen molar-refractivity contribution in [3.63, 3.8) is 0 Å². The van der Waals surface area contributed by atoms with Crippen LogP contribution < -0.4 is 5.32 Å². The van der Waals surface area contributed by atoms with Crippen molar-refractivity contribution in [1.82, 2.24) is 24.9 Å². The fourth-order valence-corrected chi connectivity index (χ4v) is 3.73. The first-order valence-electron chi connectivity index (χ1n) is 9.36. The number of hydrogen-bond donors (Lipinski definition) is 2. The molecule has 2 N–H and O–H groups in total. The number of nitrogens with one attached hydrogen (secondary N) is 2. The van der Waals surface area contributed by atoms with Crippen LogP contribution in [0.1, 0.15) is 18.5 Å². The van der Waals surface area contributed by atoms with Gasteiger partial charge in [-0.15, -0.1) is 0 Å². The summed E-state index contributed by atoms with van der Waals surface area (Å²) < 4.78 is 13.8. The maximum atomic E-state index is 13.8. The molecule has 3 aromatic heterocycles. The van der Waals surface area contributed by atoms with Crippen molar-refractivity contribution in [2.45, 2.75) is 13.0 Å². The minimum atomic E-state index is -0.332. The molecule has 148 valence electrons. The highest BCUT2D eigenvalue weighted by Gasteiger charge is 2.19. The summed E-state index contributed by atoms with van der Waals surface area (Å²) in [5.74, 6) is 0.277. The highest BCUT2D eigenvalue weighted by atomic mass is 35.5. The zero-order valence-corrected chi connectivity index (χ0v) is 16.7. The highest BCUT2D eigenvalue weighted by molar-refractivity contribution is 6.33. The van der Waals surface area contributed by atoms with Gasteiger partial charge in [-0.05, 0) is 31.2 Å². The summed E-state index contributed by atoms with van der Waals surface area (Å²) in [5.41, 5.74) is 4.24. The maximum Gasteiger partial charge on any atom is 0.162 e. The molecule has 0 saturated heterocycles. The second kappa shape index (κ2) is 7.35. The molecule has 0 aliphatic rings. The molecule has 0 amide bonds. The zero-order chi connectivity index (χ0) is 20.7. The van der Waals surface area contributed by atoms with Gasteiger partial charge in [0.15, 0.2) is 11.5 Å². The standard InChI is InChI=1S/C22H16ClFN6/c1-12(29-22-20-21(26-10-25-20)27-11-28-22)16-8-13-6-7-14(24)9-18(13)30-19(16)15-4-2-3-5-17(15)23/h2-12H,1H3,(H2,25,26,27,28,29)/t12-/m0/s1. The molecule has 0 unspecified atom stereocenters. The van der Waals surface area contributed by atoms with Crippen molar-refractivity contribution in [1.29, 1.82) is 0 Å². The monoisotopic (exact) mass is 418 g/mol. The largest absolute Gasteiger partial charge is 0.362 e. The van der Waals surface area contributed by atoms with E-state index in [1.165, 1.54) is 18.5 Å². The number of rotatable bonds is 4. The van der Waals surface area contributed by atoms with Crippen LogP contribution in [0.25, 0.3) is 33.3 Å². The number of anilines is 1. The number of imidazole rings is 1. The van der Waals surface area contributed by atoms with E-state index in [1.807, 2.05) is 37.3 Å². The number of benzene rings is 2. The van der Waals surface area contributed by atoms with Crippen molar-refractivity contribution in [3.8, 4) is 11.3 Å². The van der Waals surface area contributed by atoms with Gasteiger partial charge in [0.25, 0.3) is 0 Å². The Morgan fingerprint density at radius 3 is 2.80 bits per heavy atom. The van der Waals surface area contributed by atoms with Gasteiger partial charge in [-0.3, -0.25) is 0 Å². The van der Waals surface area contributed by atoms with Gasteiger partial charge in [-0.25, -0.2) is 24.3 Å². The maximum absolute atomic E-state index is 13.8. The van der Waals surface area contributed by atoms with E-state index in [2.05, 4.69) is 25.3 Å². The van der Waals surface area contributed by atoms with Crippen LogP contribution >= 0.6 is 11.6 Å². The summed E-state index contributed by atoms with van der Waals surface area (Å²) in [6.07, 6.45) is 3.06. The molecule has 0 radical (unpaired) electrons. The van der Waals surface area contributed by atoms with E-state index in [1.54, 1.807) is 12.4 Å². The first-order valence-corrected chi connectivity index (χ1v) is 9.73. The minimum Gasteiger partial charge on any atom is -0.362 e. The molecule has 3 heterocycles. The molecule has 1 atom stereocenters. The summed E-state index contributed by atoms with van der Waals surface area (Å²) in [7, 11) is 0. The topological polar surface area (TPSA) is 79.4 Å². The number of H-pyrrole nitrogens is 1. The van der Waals surface area contributed by atoms with Gasteiger partial charge in [0.05, 0.1) is 23.6 Å². The van der Waals surface area contributed by atoms with Crippen LogP contribution in [0.5, 0.6) is 0 Å². The van der Waals surface area contributed by atoms with Gasteiger partial charge in [0.1, 0.15) is 17.7 Å². The fourth-order valence-electron chi connectivity index (χ4n) is 3.51. The Bertz CT molecular complexity index is 1380. The van der Waals surface area contributed by atoms with Crippen molar-refractivity contribution in [3.05, 3.63) is 77.6 Å². The summed E-state index contributed by atoms with van der Waals surface area (Å²) >= 11 is 6.47. The molecule has 0 fully saturated rings. The highest BCUT2D eigenvalue weighted by Crippen LogP contribution is 2.35. The average molecular weight is 419 g/mol. The van der Waals surface area contributed by atoms with E-state index in [0.717, 1.165) is 16.5 Å². The quantitative estimate of drug-likeness (QED) is 0.401. The van der Waals surface area contributed by atoms with Gasteiger partial charge in [0.2, 0.25) is 0 Å². The van der Waals surface area contributed by atoms with Crippen molar-refractivity contribution in [2.75, 3.05) is 5.32 Å². The van der Waals surface area contributed by atoms with E-state index in [9.17, 15) is 4.39 Å². The first-order chi connectivity index (χ1) is 14.6. The molecule has 30 heavy (non-hydrogen) atoms. The predicted octanol–water partition coefficient (Wildman–Crippen LogP) is 5.53. The molecule has 5 aromatic rings. The summed E-state index contributed by atoms with van der Waals surface area (Å²) in [4.78, 5) is 20.6. The van der Waals surface area contributed by atoms with E-state index in [4.69, 9.17) is 16.6 Å². The van der Waals surface area contributed by atoms with Crippen LogP contribution in [0, 0.1) is 5.82 Å². The Morgan fingerprint density at radius 1 is 1.07 bits per heavy atom. The Labute approximate surface area is 176 Å². The number of nitrogens with zero attached hydrogens (tertiary/aromatic N) is 4.